The van der Waals surface area contributed by atoms with Gasteiger partial charge < -0.3 is 27.6 Å². The topological polar surface area (TPSA) is 44.8 Å². The maximum absolute atomic E-state index is 12.7. The summed E-state index contributed by atoms with van der Waals surface area (Å²) in [5.41, 5.74) is 1.05. The van der Waals surface area contributed by atoms with E-state index < -0.39 is 0 Å². The van der Waals surface area contributed by atoms with Gasteiger partial charge in [-0.05, 0) is 0 Å². The monoisotopic (exact) mass is 316 g/mol. The predicted molar refractivity (Wildman–Crippen MR) is 84.2 cm³/mol. The van der Waals surface area contributed by atoms with Crippen LogP contribution in [-0.4, -0.2) is 32.5 Å². The molecule has 4 nitrogen and oxygen atoms in total. The van der Waals surface area contributed by atoms with E-state index in [9.17, 15) is 4.79 Å². The fraction of sp³-hybridized carbons (Fsp3) is 0.562. The maximum Gasteiger partial charge on any atom is 1.00 e. The van der Waals surface area contributed by atoms with E-state index in [4.69, 9.17) is 14.2 Å². The third kappa shape index (κ3) is 4.65. The SMILES string of the molecule is COc1cc(OC)c(C(=O)[P-]C2CCCCC2)c(OC)c1.[Li+]. The minimum Gasteiger partial charge on any atom is -0.496 e. The molecule has 1 aromatic rings. The average Bonchev–Trinajstić information content (AvgIpc) is 2.54. The molecule has 1 aliphatic rings. The van der Waals surface area contributed by atoms with Crippen LogP contribution in [0.25, 0.3) is 0 Å². The van der Waals surface area contributed by atoms with E-state index in [2.05, 4.69) is 0 Å². The zero-order valence-corrected chi connectivity index (χ0v) is 14.7. The van der Waals surface area contributed by atoms with Gasteiger partial charge in [-0.2, -0.15) is 5.66 Å². The van der Waals surface area contributed by atoms with Gasteiger partial charge in [0.15, 0.2) is 0 Å². The molecule has 1 saturated carbocycles. The number of hydrogen-bond acceptors (Lipinski definition) is 4. The van der Waals surface area contributed by atoms with Crippen LogP contribution in [0.15, 0.2) is 12.1 Å². The molecule has 0 N–H and O–H groups in total. The Morgan fingerprint density at radius 2 is 1.55 bits per heavy atom. The van der Waals surface area contributed by atoms with E-state index in [1.165, 1.54) is 19.3 Å². The molecule has 1 fully saturated rings. The third-order valence-corrected chi connectivity index (χ3v) is 5.14. The summed E-state index contributed by atoms with van der Waals surface area (Å²) in [5.74, 6) is 1.65. The summed E-state index contributed by atoms with van der Waals surface area (Å²) in [4.78, 5) is 12.7. The summed E-state index contributed by atoms with van der Waals surface area (Å²) >= 11 is 0. The molecule has 0 atom stereocenters. The summed E-state index contributed by atoms with van der Waals surface area (Å²) in [5, 5.41) is 0. The van der Waals surface area contributed by atoms with Crippen molar-refractivity contribution in [3.05, 3.63) is 17.7 Å². The van der Waals surface area contributed by atoms with Gasteiger partial charge >= 0.3 is 18.9 Å². The van der Waals surface area contributed by atoms with E-state index in [-0.39, 0.29) is 24.4 Å². The largest absolute Gasteiger partial charge is 1.00 e. The van der Waals surface area contributed by atoms with Gasteiger partial charge in [0.05, 0.1) is 26.9 Å². The van der Waals surface area contributed by atoms with Gasteiger partial charge in [-0.3, -0.25) is 0 Å². The van der Waals surface area contributed by atoms with Crippen molar-refractivity contribution in [2.45, 2.75) is 37.8 Å². The van der Waals surface area contributed by atoms with Crippen LogP contribution >= 0.6 is 8.58 Å². The zero-order chi connectivity index (χ0) is 15.2. The number of methoxy groups -OCH3 is 3. The number of hydrogen-bond donors (Lipinski definition) is 0. The molecule has 0 spiro atoms. The van der Waals surface area contributed by atoms with Gasteiger partial charge in [-0.1, -0.05) is 32.1 Å². The van der Waals surface area contributed by atoms with Crippen molar-refractivity contribution in [3.63, 3.8) is 0 Å². The molecule has 116 valence electrons. The smallest absolute Gasteiger partial charge is 0.496 e. The van der Waals surface area contributed by atoms with Crippen molar-refractivity contribution in [1.82, 2.24) is 0 Å². The minimum absolute atomic E-state index is 0. The predicted octanol–water partition coefficient (Wildman–Crippen LogP) is 1.14. The molecule has 0 unspecified atom stereocenters. The summed E-state index contributed by atoms with van der Waals surface area (Å²) in [6.45, 7) is 0. The van der Waals surface area contributed by atoms with E-state index >= 15 is 0 Å². The molecule has 0 radical (unpaired) electrons. The van der Waals surface area contributed by atoms with Crippen LogP contribution in [0.5, 0.6) is 17.2 Å². The van der Waals surface area contributed by atoms with Crippen molar-refractivity contribution in [2.24, 2.45) is 0 Å². The van der Waals surface area contributed by atoms with Gasteiger partial charge in [0.2, 0.25) is 0 Å². The molecule has 6 heteroatoms. The summed E-state index contributed by atoms with van der Waals surface area (Å²) in [6, 6.07) is 3.46. The molecule has 0 heterocycles. The van der Waals surface area contributed by atoms with Crippen LogP contribution in [0.1, 0.15) is 42.5 Å². The zero-order valence-electron chi connectivity index (χ0n) is 13.8. The molecule has 0 amide bonds. The molecule has 1 aliphatic carbocycles. The maximum atomic E-state index is 12.7. The molecule has 0 aromatic heterocycles. The summed E-state index contributed by atoms with van der Waals surface area (Å²) in [7, 11) is 5.54. The summed E-state index contributed by atoms with van der Waals surface area (Å²) in [6.07, 6.45) is 6.00. The Morgan fingerprint density at radius 1 is 1.00 bits per heavy atom. The fourth-order valence-corrected chi connectivity index (χ4v) is 3.96. The van der Waals surface area contributed by atoms with Gasteiger partial charge in [0.25, 0.3) is 0 Å². The molecular formula is C16H22LiO4P. The van der Waals surface area contributed by atoms with Gasteiger partial charge in [0.1, 0.15) is 17.2 Å². The van der Waals surface area contributed by atoms with Gasteiger partial charge in [0, 0.05) is 17.7 Å². The standard InChI is InChI=1S/C16H22O4P.Li/c1-18-11-9-13(19-2)15(14(10-11)20-3)16(17)21-12-7-5-4-6-8-12;/h9-10,12H,4-8H2,1-3H3;/q-1;+1. The van der Waals surface area contributed by atoms with Crippen molar-refractivity contribution in [2.75, 3.05) is 21.3 Å². The Labute approximate surface area is 146 Å². The Hall–Kier alpha value is -0.683. The number of rotatable bonds is 6. The second-order valence-corrected chi connectivity index (χ2v) is 6.53. The second-order valence-electron chi connectivity index (χ2n) is 5.13. The summed E-state index contributed by atoms with van der Waals surface area (Å²) < 4.78 is 15.9. The van der Waals surface area contributed by atoms with Gasteiger partial charge in [-0.25, -0.2) is 0 Å². The molecular weight excluding hydrogens is 294 g/mol. The van der Waals surface area contributed by atoms with Crippen molar-refractivity contribution < 1.29 is 37.9 Å². The number of carbonyl (C=O) groups excluding carboxylic acids is 1. The normalized spacial score (nSPS) is 15.4. The second kappa shape index (κ2) is 9.45. The van der Waals surface area contributed by atoms with E-state index in [1.54, 1.807) is 33.5 Å². The molecule has 0 bridgehead atoms. The number of carbonyl (C=O) groups is 1. The first-order valence-corrected chi connectivity index (χ1v) is 8.21. The molecule has 0 aliphatic heterocycles. The molecule has 22 heavy (non-hydrogen) atoms. The van der Waals surface area contributed by atoms with Crippen LogP contribution in [0.4, 0.5) is 0 Å². The fourth-order valence-electron chi connectivity index (χ4n) is 2.66. The van der Waals surface area contributed by atoms with Crippen molar-refractivity contribution in [3.8, 4) is 17.2 Å². The third-order valence-electron chi connectivity index (χ3n) is 3.80. The van der Waals surface area contributed by atoms with Crippen LogP contribution in [0.3, 0.4) is 0 Å². The first-order chi connectivity index (χ1) is 10.2. The van der Waals surface area contributed by atoms with E-state index in [0.29, 0.717) is 28.5 Å². The minimum atomic E-state index is 0. The molecule has 0 saturated heterocycles. The van der Waals surface area contributed by atoms with Crippen LogP contribution in [0.2, 0.25) is 0 Å². The Morgan fingerprint density at radius 3 is 2.00 bits per heavy atom. The number of benzene rings is 1. The first kappa shape index (κ1) is 19.4. The Kier molecular flexibility index (Phi) is 8.32. The van der Waals surface area contributed by atoms with E-state index in [0.717, 1.165) is 21.4 Å². The Balaban J connectivity index is 0.00000242. The molecule has 2 rings (SSSR count). The number of ether oxygens (including phenoxy) is 3. The quantitative estimate of drug-likeness (QED) is 0.583. The van der Waals surface area contributed by atoms with Crippen molar-refractivity contribution in [1.29, 1.82) is 0 Å². The van der Waals surface area contributed by atoms with Crippen LogP contribution < -0.4 is 33.1 Å². The first-order valence-electron chi connectivity index (χ1n) is 7.24. The van der Waals surface area contributed by atoms with Gasteiger partial charge in [-0.15, -0.1) is 0 Å². The van der Waals surface area contributed by atoms with Crippen LogP contribution in [-0.2, 0) is 0 Å². The molecule has 1 aromatic carbocycles. The van der Waals surface area contributed by atoms with Crippen molar-refractivity contribution >= 4 is 14.1 Å². The van der Waals surface area contributed by atoms with Crippen LogP contribution in [0, 0.1) is 0 Å². The average molecular weight is 316 g/mol. The Bertz CT molecular complexity index is 476. The van der Waals surface area contributed by atoms with E-state index in [1.807, 2.05) is 0 Å².